The second kappa shape index (κ2) is 6.30. The first-order valence-corrected chi connectivity index (χ1v) is 8.76. The minimum absolute atomic E-state index is 0.0547. The third-order valence-corrected chi connectivity index (χ3v) is 4.85. The maximum atomic E-state index is 12.0. The summed E-state index contributed by atoms with van der Waals surface area (Å²) in [5.74, 6) is -0.552. The summed E-state index contributed by atoms with van der Waals surface area (Å²) in [6, 6.07) is 7.65. The zero-order valence-corrected chi connectivity index (χ0v) is 14.8. The number of aryl methyl sites for hydroxylation is 1. The Kier molecular flexibility index (Phi) is 4.87. The number of halogens is 2. The van der Waals surface area contributed by atoms with Gasteiger partial charge < -0.3 is 4.57 Å². The number of carbonyl (C=O) groups excluding carboxylic acids is 1. The molecule has 0 radical (unpaired) electrons. The van der Waals surface area contributed by atoms with E-state index >= 15 is 0 Å². The van der Waals surface area contributed by atoms with Gasteiger partial charge in [0, 0.05) is 22.2 Å². The molecule has 1 aromatic carbocycles. The highest BCUT2D eigenvalue weighted by atomic mass is 79.9. The number of aromatic nitrogens is 1. The van der Waals surface area contributed by atoms with Crippen LogP contribution in [0.4, 0.5) is 0 Å². The van der Waals surface area contributed by atoms with E-state index in [1.54, 1.807) is 36.0 Å². The van der Waals surface area contributed by atoms with Crippen LogP contribution in [0.5, 0.6) is 0 Å². The van der Waals surface area contributed by atoms with Crippen LogP contribution in [0, 0.1) is 0 Å². The third-order valence-electron chi connectivity index (χ3n) is 2.63. The quantitative estimate of drug-likeness (QED) is 0.720. The summed E-state index contributed by atoms with van der Waals surface area (Å²) in [6.07, 6.45) is 1.69. The molecule has 2 N–H and O–H groups in total. The molecule has 112 valence electrons. The maximum Gasteiger partial charge on any atom is 0.282 e. The van der Waals surface area contributed by atoms with E-state index < -0.39 is 15.9 Å². The van der Waals surface area contributed by atoms with E-state index in [0.717, 1.165) is 8.95 Å². The Hall–Kier alpha value is -1.16. The maximum absolute atomic E-state index is 12.0. The summed E-state index contributed by atoms with van der Waals surface area (Å²) >= 11 is 6.46. The molecule has 0 saturated carbocycles. The van der Waals surface area contributed by atoms with Gasteiger partial charge in [-0.05, 0) is 46.3 Å². The van der Waals surface area contributed by atoms with Gasteiger partial charge in [0.2, 0.25) is 0 Å². The fourth-order valence-corrected chi connectivity index (χ4v) is 3.23. The van der Waals surface area contributed by atoms with Gasteiger partial charge in [-0.1, -0.05) is 15.9 Å². The number of benzene rings is 1. The molecule has 21 heavy (non-hydrogen) atoms. The SMILES string of the molecule is Cn1cc(Br)cc1C(=O)NNS(=O)(=O)c1ccc(Br)cc1. The van der Waals surface area contributed by atoms with Gasteiger partial charge in [-0.25, -0.2) is 8.42 Å². The van der Waals surface area contributed by atoms with Crippen LogP contribution in [0.2, 0.25) is 0 Å². The van der Waals surface area contributed by atoms with Crippen molar-refractivity contribution < 1.29 is 13.2 Å². The standard InChI is InChI=1S/C12H11Br2N3O3S/c1-17-7-9(14)6-11(17)12(18)15-16-21(19,20)10-4-2-8(13)3-5-10/h2-7,16H,1H3,(H,15,18). The van der Waals surface area contributed by atoms with Crippen molar-refractivity contribution in [1.29, 1.82) is 0 Å². The largest absolute Gasteiger partial charge is 0.345 e. The normalized spacial score (nSPS) is 11.4. The molecule has 9 heteroatoms. The topological polar surface area (TPSA) is 80.2 Å². The molecule has 1 amide bonds. The Labute approximate surface area is 138 Å². The predicted molar refractivity (Wildman–Crippen MR) is 85.0 cm³/mol. The monoisotopic (exact) mass is 435 g/mol. The van der Waals surface area contributed by atoms with E-state index in [4.69, 9.17) is 0 Å². The number of hydrogen-bond acceptors (Lipinski definition) is 3. The zero-order chi connectivity index (χ0) is 15.6. The van der Waals surface area contributed by atoms with Crippen molar-refractivity contribution in [2.45, 2.75) is 4.90 Å². The first-order valence-electron chi connectivity index (χ1n) is 5.69. The van der Waals surface area contributed by atoms with Crippen molar-refractivity contribution in [3.05, 3.63) is 51.2 Å². The fraction of sp³-hybridized carbons (Fsp3) is 0.0833. The Balaban J connectivity index is 2.10. The van der Waals surface area contributed by atoms with Crippen molar-refractivity contribution >= 4 is 47.8 Å². The highest BCUT2D eigenvalue weighted by molar-refractivity contribution is 9.10. The van der Waals surface area contributed by atoms with Crippen LogP contribution in [-0.2, 0) is 17.1 Å². The minimum Gasteiger partial charge on any atom is -0.345 e. The van der Waals surface area contributed by atoms with Crippen LogP contribution in [-0.4, -0.2) is 18.9 Å². The molecule has 0 atom stereocenters. The van der Waals surface area contributed by atoms with Crippen LogP contribution < -0.4 is 10.3 Å². The predicted octanol–water partition coefficient (Wildman–Crippen LogP) is 2.17. The lowest BCUT2D eigenvalue weighted by atomic mass is 10.4. The summed E-state index contributed by atoms with van der Waals surface area (Å²) in [5.41, 5.74) is 2.50. The molecular weight excluding hydrogens is 426 g/mol. The van der Waals surface area contributed by atoms with Gasteiger partial charge in [0.05, 0.1) is 4.90 Å². The first kappa shape index (κ1) is 16.2. The molecule has 0 spiro atoms. The molecule has 0 bridgehead atoms. The number of carbonyl (C=O) groups is 1. The fourth-order valence-electron chi connectivity index (χ4n) is 1.60. The van der Waals surface area contributed by atoms with E-state index in [1.807, 2.05) is 0 Å². The number of nitrogens with zero attached hydrogens (tertiary/aromatic N) is 1. The lowest BCUT2D eigenvalue weighted by molar-refractivity contribution is 0.0937. The molecule has 2 aromatic rings. The Morgan fingerprint density at radius 3 is 2.29 bits per heavy atom. The van der Waals surface area contributed by atoms with Crippen LogP contribution >= 0.6 is 31.9 Å². The van der Waals surface area contributed by atoms with E-state index in [2.05, 4.69) is 42.1 Å². The van der Waals surface area contributed by atoms with E-state index in [-0.39, 0.29) is 4.90 Å². The van der Waals surface area contributed by atoms with E-state index in [1.165, 1.54) is 12.1 Å². The number of hydrogen-bond donors (Lipinski definition) is 2. The zero-order valence-electron chi connectivity index (χ0n) is 10.8. The molecule has 0 aliphatic heterocycles. The number of rotatable bonds is 4. The minimum atomic E-state index is -3.81. The smallest absolute Gasteiger partial charge is 0.282 e. The molecule has 0 aliphatic rings. The molecule has 2 rings (SSSR count). The Morgan fingerprint density at radius 1 is 1.14 bits per heavy atom. The van der Waals surface area contributed by atoms with Crippen molar-refractivity contribution in [2.75, 3.05) is 0 Å². The van der Waals surface area contributed by atoms with E-state index in [9.17, 15) is 13.2 Å². The summed E-state index contributed by atoms with van der Waals surface area (Å²) in [4.78, 5) is 14.0. The number of nitrogens with one attached hydrogen (secondary N) is 2. The summed E-state index contributed by atoms with van der Waals surface area (Å²) in [6.45, 7) is 0. The van der Waals surface area contributed by atoms with Gasteiger partial charge >= 0.3 is 0 Å². The van der Waals surface area contributed by atoms with Crippen LogP contribution in [0.25, 0.3) is 0 Å². The second-order valence-corrected chi connectivity index (χ2v) is 7.68. The third kappa shape index (κ3) is 3.94. The molecule has 1 aromatic heterocycles. The number of sulfonamides is 1. The average molecular weight is 437 g/mol. The van der Waals surface area contributed by atoms with Gasteiger partial charge in [-0.15, -0.1) is 4.83 Å². The second-order valence-electron chi connectivity index (χ2n) is 4.17. The van der Waals surface area contributed by atoms with Gasteiger partial charge in [0.15, 0.2) is 0 Å². The lowest BCUT2D eigenvalue weighted by Gasteiger charge is -2.09. The lowest BCUT2D eigenvalue weighted by Crippen LogP contribution is -2.42. The van der Waals surface area contributed by atoms with Crippen LogP contribution in [0.1, 0.15) is 10.5 Å². The molecule has 0 unspecified atom stereocenters. The average Bonchev–Trinajstić information content (AvgIpc) is 2.76. The number of hydrazine groups is 1. The van der Waals surface area contributed by atoms with Crippen molar-refractivity contribution in [3.63, 3.8) is 0 Å². The van der Waals surface area contributed by atoms with Gasteiger partial charge in [0.1, 0.15) is 5.69 Å². The van der Waals surface area contributed by atoms with E-state index in [0.29, 0.717) is 5.69 Å². The molecular formula is C12H11Br2N3O3S. The molecule has 0 fully saturated rings. The van der Waals surface area contributed by atoms with Crippen LogP contribution in [0.3, 0.4) is 0 Å². The molecule has 1 heterocycles. The summed E-state index contributed by atoms with van der Waals surface area (Å²) in [7, 11) is -2.13. The van der Waals surface area contributed by atoms with Gasteiger partial charge in [0.25, 0.3) is 15.9 Å². The van der Waals surface area contributed by atoms with Crippen molar-refractivity contribution in [2.24, 2.45) is 7.05 Å². The summed E-state index contributed by atoms with van der Waals surface area (Å²) < 4.78 is 27.1. The summed E-state index contributed by atoms with van der Waals surface area (Å²) in [5, 5.41) is 0. The van der Waals surface area contributed by atoms with Crippen LogP contribution in [0.15, 0.2) is 50.4 Å². The Morgan fingerprint density at radius 2 is 1.76 bits per heavy atom. The highest BCUT2D eigenvalue weighted by Gasteiger charge is 2.17. The molecule has 0 saturated heterocycles. The highest BCUT2D eigenvalue weighted by Crippen LogP contribution is 2.15. The van der Waals surface area contributed by atoms with Gasteiger partial charge in [-0.2, -0.15) is 0 Å². The van der Waals surface area contributed by atoms with Gasteiger partial charge in [-0.3, -0.25) is 10.2 Å². The Bertz CT molecular complexity index is 770. The molecule has 6 nitrogen and oxygen atoms in total. The number of amides is 1. The molecule has 0 aliphatic carbocycles. The van der Waals surface area contributed by atoms with Crippen molar-refractivity contribution in [1.82, 2.24) is 14.8 Å². The first-order chi connectivity index (χ1) is 9.79. The van der Waals surface area contributed by atoms with Crippen molar-refractivity contribution in [3.8, 4) is 0 Å².